The minimum absolute atomic E-state index is 0.346. The molecule has 2 heterocycles. The number of nitrogens with zero attached hydrogens (tertiary/aromatic N) is 1. The average Bonchev–Trinajstić information content (AvgIpc) is 3.30. The van der Waals surface area contributed by atoms with Crippen molar-refractivity contribution in [1.82, 2.24) is 15.2 Å². The third-order valence-corrected chi connectivity index (χ3v) is 6.55. The monoisotopic (exact) mass is 488 g/mol. The fraction of sp³-hybridized carbons (Fsp3) is 0.360. The second kappa shape index (κ2) is 10.4. The van der Waals surface area contributed by atoms with Crippen molar-refractivity contribution in [2.24, 2.45) is 0 Å². The first-order valence-corrected chi connectivity index (χ1v) is 11.4. The smallest absolute Gasteiger partial charge is 0.243 e. The van der Waals surface area contributed by atoms with Gasteiger partial charge in [0.05, 0.1) is 25.4 Å². The molecule has 4 rings (SSSR count). The Morgan fingerprint density at radius 2 is 1.89 bits per heavy atom. The van der Waals surface area contributed by atoms with Crippen molar-refractivity contribution < 1.29 is 27.5 Å². The molecule has 186 valence electrons. The lowest BCUT2D eigenvalue weighted by molar-refractivity contribution is -0.128. The highest BCUT2D eigenvalue weighted by molar-refractivity contribution is 5.95. The zero-order valence-corrected chi connectivity index (χ0v) is 19.5. The number of carbonyl (C=O) groups is 2. The fourth-order valence-electron chi connectivity index (χ4n) is 4.48. The number of amides is 2. The molecule has 1 saturated heterocycles. The Kier molecular flexibility index (Phi) is 7.30. The molecule has 3 aromatic rings. The van der Waals surface area contributed by atoms with Crippen LogP contribution in [0.5, 0.6) is 5.75 Å². The number of aromatic nitrogens is 1. The van der Waals surface area contributed by atoms with E-state index in [0.717, 1.165) is 35.6 Å². The molecule has 1 aromatic heterocycles. The second-order valence-electron chi connectivity index (χ2n) is 8.63. The van der Waals surface area contributed by atoms with Gasteiger partial charge in [-0.25, -0.2) is 13.2 Å². The Labute approximate surface area is 200 Å². The minimum atomic E-state index is -1.67. The summed E-state index contributed by atoms with van der Waals surface area (Å²) in [7, 11) is 1.64. The van der Waals surface area contributed by atoms with Crippen LogP contribution in [0.25, 0.3) is 10.9 Å². The van der Waals surface area contributed by atoms with E-state index in [2.05, 4.69) is 15.6 Å². The molecule has 10 heteroatoms. The molecule has 3 N–H and O–H groups in total. The van der Waals surface area contributed by atoms with E-state index in [1.54, 1.807) is 14.0 Å². The zero-order chi connectivity index (χ0) is 25.1. The normalized spacial score (nSPS) is 15.7. The van der Waals surface area contributed by atoms with E-state index in [0.29, 0.717) is 25.1 Å². The molecule has 0 bridgehead atoms. The Hall–Kier alpha value is -3.53. The van der Waals surface area contributed by atoms with Gasteiger partial charge in [-0.05, 0) is 74.7 Å². The number of halogens is 3. The summed E-state index contributed by atoms with van der Waals surface area (Å²) in [4.78, 5) is 30.0. The van der Waals surface area contributed by atoms with Crippen LogP contribution in [0.15, 0.2) is 36.5 Å². The summed E-state index contributed by atoms with van der Waals surface area (Å²) in [6, 6.07) is 7.11. The van der Waals surface area contributed by atoms with Gasteiger partial charge in [0.25, 0.3) is 0 Å². The van der Waals surface area contributed by atoms with Crippen LogP contribution in [0.3, 0.4) is 0 Å². The number of hydrogen-bond donors (Lipinski definition) is 3. The molecule has 1 atom stereocenters. The highest BCUT2D eigenvalue weighted by Gasteiger charge is 2.28. The van der Waals surface area contributed by atoms with Gasteiger partial charge >= 0.3 is 0 Å². The van der Waals surface area contributed by atoms with E-state index in [9.17, 15) is 22.8 Å². The van der Waals surface area contributed by atoms with Crippen LogP contribution in [0.4, 0.5) is 18.9 Å². The summed E-state index contributed by atoms with van der Waals surface area (Å²) in [5, 5.41) is 5.79. The Bertz CT molecular complexity index is 1240. The van der Waals surface area contributed by atoms with Gasteiger partial charge in [0.15, 0.2) is 17.5 Å². The van der Waals surface area contributed by atoms with Crippen molar-refractivity contribution in [2.75, 3.05) is 32.1 Å². The SMILES string of the molecule is COc1ccc2[nH]cc(C3CCN(C(C)C(=O)NCC(=O)Nc4ccc(F)c(F)c4F)CC3)c2c1. The number of ether oxygens (including phenoxy) is 1. The maximum atomic E-state index is 13.7. The van der Waals surface area contributed by atoms with Crippen LogP contribution in [0, 0.1) is 17.5 Å². The molecule has 1 aliphatic heterocycles. The van der Waals surface area contributed by atoms with Gasteiger partial charge in [0, 0.05) is 17.1 Å². The lowest BCUT2D eigenvalue weighted by Crippen LogP contribution is -2.49. The van der Waals surface area contributed by atoms with Gasteiger partial charge in [0.1, 0.15) is 5.75 Å². The Morgan fingerprint density at radius 3 is 2.60 bits per heavy atom. The van der Waals surface area contributed by atoms with Crippen molar-refractivity contribution in [3.63, 3.8) is 0 Å². The fourth-order valence-corrected chi connectivity index (χ4v) is 4.48. The molecule has 1 fully saturated rings. The van der Waals surface area contributed by atoms with Crippen molar-refractivity contribution in [1.29, 1.82) is 0 Å². The second-order valence-corrected chi connectivity index (χ2v) is 8.63. The van der Waals surface area contributed by atoms with Crippen LogP contribution < -0.4 is 15.4 Å². The summed E-state index contributed by atoms with van der Waals surface area (Å²) in [6.07, 6.45) is 3.78. The first kappa shape index (κ1) is 24.6. The first-order chi connectivity index (χ1) is 16.8. The van der Waals surface area contributed by atoms with Crippen molar-refractivity contribution in [3.8, 4) is 5.75 Å². The standard InChI is InChI=1S/C25H27F3N4O3/c1-14(25(34)30-13-22(33)31-21-6-4-19(26)23(27)24(21)28)32-9-7-15(8-10-32)18-12-29-20-5-3-16(35-2)11-17(18)20/h3-6,11-12,14-15,29H,7-10,13H2,1-2H3,(H,30,34)(H,31,33). The molecule has 2 aromatic carbocycles. The number of piperidine rings is 1. The molecular formula is C25H27F3N4O3. The predicted molar refractivity (Wildman–Crippen MR) is 126 cm³/mol. The van der Waals surface area contributed by atoms with Crippen LogP contribution in [0.1, 0.15) is 31.2 Å². The van der Waals surface area contributed by atoms with E-state index < -0.39 is 41.6 Å². The molecule has 7 nitrogen and oxygen atoms in total. The Morgan fingerprint density at radius 1 is 1.14 bits per heavy atom. The van der Waals surface area contributed by atoms with Crippen molar-refractivity contribution in [2.45, 2.75) is 31.7 Å². The van der Waals surface area contributed by atoms with Crippen LogP contribution in [-0.4, -0.2) is 54.5 Å². The van der Waals surface area contributed by atoms with Gasteiger partial charge < -0.3 is 20.4 Å². The van der Waals surface area contributed by atoms with E-state index in [1.807, 2.05) is 29.3 Å². The van der Waals surface area contributed by atoms with E-state index in [4.69, 9.17) is 4.74 Å². The molecule has 0 saturated carbocycles. The number of rotatable bonds is 7. The van der Waals surface area contributed by atoms with Gasteiger partial charge in [0.2, 0.25) is 11.8 Å². The number of hydrogen-bond acceptors (Lipinski definition) is 4. The number of likely N-dealkylation sites (tertiary alicyclic amines) is 1. The summed E-state index contributed by atoms with van der Waals surface area (Å²) >= 11 is 0. The lowest BCUT2D eigenvalue weighted by atomic mass is 9.88. The van der Waals surface area contributed by atoms with Crippen molar-refractivity contribution in [3.05, 3.63) is 59.5 Å². The quantitative estimate of drug-likeness (QED) is 0.440. The summed E-state index contributed by atoms with van der Waals surface area (Å²) in [5.41, 5.74) is 1.79. The number of carbonyl (C=O) groups excluding carboxylic acids is 2. The van der Waals surface area contributed by atoms with Crippen molar-refractivity contribution >= 4 is 28.4 Å². The van der Waals surface area contributed by atoms with Gasteiger partial charge in [-0.3, -0.25) is 14.5 Å². The largest absolute Gasteiger partial charge is 0.497 e. The number of methoxy groups -OCH3 is 1. The van der Waals surface area contributed by atoms with Crippen LogP contribution in [0.2, 0.25) is 0 Å². The number of aromatic amines is 1. The minimum Gasteiger partial charge on any atom is -0.497 e. The topological polar surface area (TPSA) is 86.5 Å². The molecule has 0 spiro atoms. The average molecular weight is 489 g/mol. The highest BCUT2D eigenvalue weighted by atomic mass is 19.2. The molecule has 2 amide bonds. The van der Waals surface area contributed by atoms with Gasteiger partial charge in [-0.15, -0.1) is 0 Å². The highest BCUT2D eigenvalue weighted by Crippen LogP contribution is 2.35. The van der Waals surface area contributed by atoms with Gasteiger partial charge in [-0.1, -0.05) is 0 Å². The van der Waals surface area contributed by atoms with E-state index >= 15 is 0 Å². The third-order valence-electron chi connectivity index (χ3n) is 6.55. The van der Waals surface area contributed by atoms with Crippen LogP contribution in [-0.2, 0) is 9.59 Å². The number of anilines is 1. The molecule has 35 heavy (non-hydrogen) atoms. The number of H-pyrrole nitrogens is 1. The molecular weight excluding hydrogens is 461 g/mol. The third kappa shape index (κ3) is 5.27. The number of benzene rings is 2. The molecule has 0 radical (unpaired) electrons. The summed E-state index contributed by atoms with van der Waals surface area (Å²) < 4.78 is 45.4. The number of fused-ring (bicyclic) bond motifs is 1. The maximum absolute atomic E-state index is 13.7. The summed E-state index contributed by atoms with van der Waals surface area (Å²) in [6.45, 7) is 2.76. The predicted octanol–water partition coefficient (Wildman–Crippen LogP) is 3.92. The molecule has 1 aliphatic rings. The zero-order valence-electron chi connectivity index (χ0n) is 19.5. The molecule has 1 unspecified atom stereocenters. The maximum Gasteiger partial charge on any atom is 0.243 e. The lowest BCUT2D eigenvalue weighted by Gasteiger charge is -2.35. The van der Waals surface area contributed by atoms with Crippen LogP contribution >= 0.6 is 0 Å². The van der Waals surface area contributed by atoms with E-state index in [-0.39, 0.29) is 5.91 Å². The van der Waals surface area contributed by atoms with E-state index in [1.165, 1.54) is 5.56 Å². The van der Waals surface area contributed by atoms with Gasteiger partial charge in [-0.2, -0.15) is 0 Å². The number of nitrogens with one attached hydrogen (secondary N) is 3. The first-order valence-electron chi connectivity index (χ1n) is 11.4. The Balaban J connectivity index is 1.28. The summed E-state index contributed by atoms with van der Waals surface area (Å²) in [5.74, 6) is -4.46. The molecule has 0 aliphatic carbocycles.